The van der Waals surface area contributed by atoms with E-state index < -0.39 is 5.97 Å². The molecule has 0 saturated carbocycles. The minimum Gasteiger partial charge on any atom is -0.493 e. The lowest BCUT2D eigenvalue weighted by molar-refractivity contribution is 0.0730. The summed E-state index contributed by atoms with van der Waals surface area (Å²) >= 11 is 0. The number of carbonyl (C=O) groups is 1. The first kappa shape index (κ1) is 12.0. The van der Waals surface area contributed by atoms with E-state index in [2.05, 4.69) is 0 Å². The topological polar surface area (TPSA) is 61.5 Å². The fourth-order valence-corrected chi connectivity index (χ4v) is 1.48. The second kappa shape index (κ2) is 5.23. The second-order valence-corrected chi connectivity index (χ2v) is 3.66. The van der Waals surface area contributed by atoms with Gasteiger partial charge in [0.25, 0.3) is 0 Å². The summed E-state index contributed by atoms with van der Waals surface area (Å²) in [4.78, 5) is 11.9. The molecule has 0 saturated heterocycles. The molecule has 0 aromatic heterocycles. The van der Waals surface area contributed by atoms with Gasteiger partial charge < -0.3 is 15.2 Å². The van der Waals surface area contributed by atoms with Crippen molar-refractivity contribution in [2.75, 3.05) is 12.8 Å². The maximum atomic E-state index is 11.9. The van der Waals surface area contributed by atoms with Crippen molar-refractivity contribution < 1.29 is 14.3 Å². The average molecular weight is 243 g/mol. The van der Waals surface area contributed by atoms with Crippen molar-refractivity contribution in [2.24, 2.45) is 0 Å². The van der Waals surface area contributed by atoms with Gasteiger partial charge in [-0.15, -0.1) is 0 Å². The summed E-state index contributed by atoms with van der Waals surface area (Å²) in [6.45, 7) is 0. The van der Waals surface area contributed by atoms with Crippen molar-refractivity contribution in [2.45, 2.75) is 0 Å². The highest BCUT2D eigenvalue weighted by Gasteiger charge is 2.11. The Morgan fingerprint density at radius 2 is 1.61 bits per heavy atom. The zero-order valence-electron chi connectivity index (χ0n) is 9.92. The molecule has 0 heterocycles. The van der Waals surface area contributed by atoms with Crippen LogP contribution in [0.3, 0.4) is 0 Å². The van der Waals surface area contributed by atoms with Gasteiger partial charge in [0.1, 0.15) is 0 Å². The van der Waals surface area contributed by atoms with Gasteiger partial charge >= 0.3 is 5.97 Å². The number of para-hydroxylation sites is 2. The van der Waals surface area contributed by atoms with Gasteiger partial charge in [0, 0.05) is 5.69 Å². The number of nitrogen functional groups attached to an aromatic ring is 1. The molecular formula is C14H13NO3. The van der Waals surface area contributed by atoms with Crippen LogP contribution in [0.2, 0.25) is 0 Å². The number of anilines is 1. The number of nitrogens with two attached hydrogens (primary N) is 1. The number of benzene rings is 2. The largest absolute Gasteiger partial charge is 0.493 e. The number of hydrogen-bond donors (Lipinski definition) is 1. The molecule has 18 heavy (non-hydrogen) atoms. The molecule has 0 bridgehead atoms. The van der Waals surface area contributed by atoms with Gasteiger partial charge in [-0.25, -0.2) is 4.79 Å². The molecule has 0 unspecified atom stereocenters. The molecule has 2 N–H and O–H groups in total. The minimum absolute atomic E-state index is 0.391. The lowest BCUT2D eigenvalue weighted by Gasteiger charge is -2.08. The van der Waals surface area contributed by atoms with E-state index in [0.29, 0.717) is 22.7 Å². The second-order valence-electron chi connectivity index (χ2n) is 3.66. The first-order valence-corrected chi connectivity index (χ1v) is 5.41. The van der Waals surface area contributed by atoms with Crippen LogP contribution in [0.5, 0.6) is 11.5 Å². The van der Waals surface area contributed by atoms with E-state index in [-0.39, 0.29) is 0 Å². The summed E-state index contributed by atoms with van der Waals surface area (Å²) in [6.07, 6.45) is 0. The molecule has 4 nitrogen and oxygen atoms in total. The van der Waals surface area contributed by atoms with Crippen molar-refractivity contribution >= 4 is 11.7 Å². The summed E-state index contributed by atoms with van der Waals surface area (Å²) in [5.41, 5.74) is 6.59. The Bertz CT molecular complexity index is 549. The molecule has 0 amide bonds. The normalized spacial score (nSPS) is 9.83. The molecule has 2 aromatic rings. The van der Waals surface area contributed by atoms with Crippen LogP contribution in [0.4, 0.5) is 5.69 Å². The Labute approximate surface area is 105 Å². The van der Waals surface area contributed by atoms with E-state index >= 15 is 0 Å². The van der Waals surface area contributed by atoms with Gasteiger partial charge in [0.05, 0.1) is 12.7 Å². The maximum absolute atomic E-state index is 11.9. The Kier molecular flexibility index (Phi) is 3.48. The lowest BCUT2D eigenvalue weighted by Crippen LogP contribution is -2.09. The molecule has 0 fully saturated rings. The molecule has 0 aliphatic heterocycles. The molecule has 2 aromatic carbocycles. The Morgan fingerprint density at radius 1 is 1.00 bits per heavy atom. The average Bonchev–Trinajstić information content (AvgIpc) is 2.40. The first-order chi connectivity index (χ1) is 8.70. The summed E-state index contributed by atoms with van der Waals surface area (Å²) in [5, 5.41) is 0. The highest BCUT2D eigenvalue weighted by atomic mass is 16.6. The number of ether oxygens (including phenoxy) is 2. The van der Waals surface area contributed by atoms with Crippen molar-refractivity contribution in [1.82, 2.24) is 0 Å². The van der Waals surface area contributed by atoms with E-state index in [1.807, 2.05) is 0 Å². The van der Waals surface area contributed by atoms with Crippen LogP contribution in [0.15, 0.2) is 48.5 Å². The highest BCUT2D eigenvalue weighted by molar-refractivity contribution is 5.91. The minimum atomic E-state index is -0.445. The third-order valence-corrected chi connectivity index (χ3v) is 2.42. The van der Waals surface area contributed by atoms with E-state index in [1.165, 1.54) is 7.11 Å². The molecule has 4 heteroatoms. The lowest BCUT2D eigenvalue weighted by atomic mass is 10.2. The van der Waals surface area contributed by atoms with Crippen molar-refractivity contribution in [3.63, 3.8) is 0 Å². The number of carbonyl (C=O) groups excluding carboxylic acids is 1. The molecule has 0 aliphatic carbocycles. The fourth-order valence-electron chi connectivity index (χ4n) is 1.48. The van der Waals surface area contributed by atoms with Crippen LogP contribution < -0.4 is 15.2 Å². The van der Waals surface area contributed by atoms with Gasteiger partial charge in [0.15, 0.2) is 11.5 Å². The first-order valence-electron chi connectivity index (χ1n) is 5.41. The van der Waals surface area contributed by atoms with Crippen LogP contribution in [-0.4, -0.2) is 13.1 Å². The third-order valence-electron chi connectivity index (χ3n) is 2.42. The van der Waals surface area contributed by atoms with Gasteiger partial charge in [-0.2, -0.15) is 0 Å². The summed E-state index contributed by atoms with van der Waals surface area (Å²) < 4.78 is 10.4. The summed E-state index contributed by atoms with van der Waals surface area (Å²) in [6, 6.07) is 13.5. The molecule has 0 radical (unpaired) electrons. The van der Waals surface area contributed by atoms with E-state index in [0.717, 1.165) is 0 Å². The van der Waals surface area contributed by atoms with E-state index in [1.54, 1.807) is 48.5 Å². The van der Waals surface area contributed by atoms with E-state index in [9.17, 15) is 4.79 Å². The molecular weight excluding hydrogens is 230 g/mol. The number of esters is 1. The summed E-state index contributed by atoms with van der Waals surface area (Å²) in [7, 11) is 1.52. The number of methoxy groups -OCH3 is 1. The predicted molar refractivity (Wildman–Crippen MR) is 68.8 cm³/mol. The van der Waals surface area contributed by atoms with Crippen molar-refractivity contribution in [1.29, 1.82) is 0 Å². The number of hydrogen-bond acceptors (Lipinski definition) is 4. The highest BCUT2D eigenvalue weighted by Crippen LogP contribution is 2.26. The molecule has 92 valence electrons. The maximum Gasteiger partial charge on any atom is 0.343 e. The smallest absolute Gasteiger partial charge is 0.343 e. The predicted octanol–water partition coefficient (Wildman–Crippen LogP) is 2.50. The van der Waals surface area contributed by atoms with E-state index in [4.69, 9.17) is 15.2 Å². The van der Waals surface area contributed by atoms with Crippen LogP contribution in [0.25, 0.3) is 0 Å². The van der Waals surface area contributed by atoms with Gasteiger partial charge in [-0.05, 0) is 36.4 Å². The Hall–Kier alpha value is -2.49. The summed E-state index contributed by atoms with van der Waals surface area (Å²) in [5.74, 6) is 0.461. The van der Waals surface area contributed by atoms with Crippen LogP contribution in [0, 0.1) is 0 Å². The quantitative estimate of drug-likeness (QED) is 0.511. The standard InChI is InChI=1S/C14H13NO3/c1-17-12-4-2-3-5-13(12)18-14(16)10-6-8-11(15)9-7-10/h2-9H,15H2,1H3. The Morgan fingerprint density at radius 3 is 2.22 bits per heavy atom. The zero-order valence-corrected chi connectivity index (χ0v) is 9.92. The molecule has 0 atom stereocenters. The van der Waals surface area contributed by atoms with Gasteiger partial charge in [0.2, 0.25) is 0 Å². The SMILES string of the molecule is COc1ccccc1OC(=O)c1ccc(N)cc1. The zero-order chi connectivity index (χ0) is 13.0. The molecule has 2 rings (SSSR count). The molecule has 0 spiro atoms. The van der Waals surface area contributed by atoms with Crippen LogP contribution >= 0.6 is 0 Å². The van der Waals surface area contributed by atoms with Crippen LogP contribution in [0.1, 0.15) is 10.4 Å². The van der Waals surface area contributed by atoms with Crippen molar-refractivity contribution in [3.8, 4) is 11.5 Å². The molecule has 0 aliphatic rings. The van der Waals surface area contributed by atoms with Crippen LogP contribution in [-0.2, 0) is 0 Å². The van der Waals surface area contributed by atoms with Gasteiger partial charge in [-0.3, -0.25) is 0 Å². The monoisotopic (exact) mass is 243 g/mol. The number of rotatable bonds is 3. The fraction of sp³-hybridized carbons (Fsp3) is 0.0714. The van der Waals surface area contributed by atoms with Gasteiger partial charge in [-0.1, -0.05) is 12.1 Å². The Balaban J connectivity index is 2.18. The third kappa shape index (κ3) is 2.60. The van der Waals surface area contributed by atoms with Crippen molar-refractivity contribution in [3.05, 3.63) is 54.1 Å².